The van der Waals surface area contributed by atoms with Crippen LogP contribution in [0.1, 0.15) is 5.56 Å². The standard InChI is InChI=1S/C10H9NO3/c11-10(14)8(6-9(12)13)7-4-2-1-3-5-7/h1-6H,(H2,11,14)(H,12,13)/b8-6-. The largest absolute Gasteiger partial charge is 0.478 e. The molecule has 1 aromatic carbocycles. The maximum Gasteiger partial charge on any atom is 0.329 e. The number of carboxylic acid groups (broad SMARTS) is 1. The van der Waals surface area contributed by atoms with Crippen molar-refractivity contribution in [3.63, 3.8) is 0 Å². The number of carbonyl (C=O) groups is 2. The lowest BCUT2D eigenvalue weighted by molar-refractivity contribution is -0.131. The number of hydrogen-bond donors (Lipinski definition) is 2. The van der Waals surface area contributed by atoms with Crippen molar-refractivity contribution in [2.24, 2.45) is 5.73 Å². The Bertz CT molecular complexity index is 382. The number of primary amides is 1. The third kappa shape index (κ3) is 2.45. The fraction of sp³-hybridized carbons (Fsp3) is 0. The minimum absolute atomic E-state index is 0.00176. The van der Waals surface area contributed by atoms with Gasteiger partial charge in [-0.3, -0.25) is 4.79 Å². The van der Waals surface area contributed by atoms with Gasteiger partial charge in [0.05, 0.1) is 5.57 Å². The summed E-state index contributed by atoms with van der Waals surface area (Å²) in [5.74, 6) is -1.94. The van der Waals surface area contributed by atoms with E-state index in [1.807, 2.05) is 0 Å². The molecular formula is C10H9NO3. The predicted molar refractivity (Wildman–Crippen MR) is 51.2 cm³/mol. The summed E-state index contributed by atoms with van der Waals surface area (Å²) in [5.41, 5.74) is 5.55. The first-order valence-electron chi connectivity index (χ1n) is 3.91. The number of benzene rings is 1. The number of nitrogens with two attached hydrogens (primary N) is 1. The molecule has 4 nitrogen and oxygen atoms in total. The first kappa shape index (κ1) is 9.98. The second-order valence-electron chi connectivity index (χ2n) is 2.63. The Labute approximate surface area is 80.7 Å². The fourth-order valence-corrected chi connectivity index (χ4v) is 1.04. The molecule has 0 atom stereocenters. The molecule has 1 rings (SSSR count). The number of aliphatic carboxylic acids is 1. The van der Waals surface area contributed by atoms with Crippen LogP contribution in [0.15, 0.2) is 36.4 Å². The van der Waals surface area contributed by atoms with E-state index in [-0.39, 0.29) is 5.57 Å². The van der Waals surface area contributed by atoms with E-state index in [1.165, 1.54) is 0 Å². The van der Waals surface area contributed by atoms with Crippen molar-refractivity contribution in [1.82, 2.24) is 0 Å². The van der Waals surface area contributed by atoms with Gasteiger partial charge < -0.3 is 10.8 Å². The molecule has 0 saturated carbocycles. The SMILES string of the molecule is NC(=O)/C(=C\C(=O)O)c1ccccc1. The molecule has 0 radical (unpaired) electrons. The van der Waals surface area contributed by atoms with E-state index < -0.39 is 11.9 Å². The zero-order chi connectivity index (χ0) is 10.6. The Kier molecular flexibility index (Phi) is 3.01. The maximum absolute atomic E-state index is 10.9. The van der Waals surface area contributed by atoms with Gasteiger partial charge >= 0.3 is 5.97 Å². The van der Waals surface area contributed by atoms with Gasteiger partial charge in [0.25, 0.3) is 0 Å². The lowest BCUT2D eigenvalue weighted by Gasteiger charge is -2.01. The molecule has 0 bridgehead atoms. The summed E-state index contributed by atoms with van der Waals surface area (Å²) in [6.45, 7) is 0. The zero-order valence-electron chi connectivity index (χ0n) is 7.31. The number of amides is 1. The van der Waals surface area contributed by atoms with E-state index >= 15 is 0 Å². The Balaban J connectivity index is 3.14. The lowest BCUT2D eigenvalue weighted by atomic mass is 10.1. The summed E-state index contributed by atoms with van der Waals surface area (Å²) < 4.78 is 0. The van der Waals surface area contributed by atoms with Crippen molar-refractivity contribution < 1.29 is 14.7 Å². The van der Waals surface area contributed by atoms with Gasteiger partial charge in [-0.1, -0.05) is 30.3 Å². The van der Waals surface area contributed by atoms with Crippen molar-refractivity contribution in [2.75, 3.05) is 0 Å². The van der Waals surface area contributed by atoms with Crippen LogP contribution in [-0.4, -0.2) is 17.0 Å². The molecule has 0 fully saturated rings. The molecule has 0 aromatic heterocycles. The van der Waals surface area contributed by atoms with Gasteiger partial charge in [0.15, 0.2) is 0 Å². The monoisotopic (exact) mass is 191 g/mol. The Morgan fingerprint density at radius 2 is 1.79 bits per heavy atom. The number of carbonyl (C=O) groups excluding carboxylic acids is 1. The van der Waals surface area contributed by atoms with Crippen LogP contribution >= 0.6 is 0 Å². The fourth-order valence-electron chi connectivity index (χ4n) is 1.04. The van der Waals surface area contributed by atoms with Crippen molar-refractivity contribution in [2.45, 2.75) is 0 Å². The van der Waals surface area contributed by atoms with E-state index in [4.69, 9.17) is 10.8 Å². The van der Waals surface area contributed by atoms with Crippen molar-refractivity contribution >= 4 is 17.4 Å². The summed E-state index contributed by atoms with van der Waals surface area (Å²) in [4.78, 5) is 21.3. The van der Waals surface area contributed by atoms with Gasteiger partial charge in [-0.2, -0.15) is 0 Å². The van der Waals surface area contributed by atoms with Gasteiger partial charge in [-0.15, -0.1) is 0 Å². The molecule has 0 unspecified atom stereocenters. The molecule has 0 spiro atoms. The summed E-state index contributed by atoms with van der Waals surface area (Å²) in [7, 11) is 0. The normalized spacial score (nSPS) is 11.0. The third-order valence-corrected chi connectivity index (χ3v) is 1.62. The highest BCUT2D eigenvalue weighted by atomic mass is 16.4. The van der Waals surface area contributed by atoms with Gasteiger partial charge in [0.2, 0.25) is 5.91 Å². The Hall–Kier alpha value is -2.10. The molecule has 0 aliphatic rings. The third-order valence-electron chi connectivity index (χ3n) is 1.62. The first-order valence-corrected chi connectivity index (χ1v) is 3.91. The van der Waals surface area contributed by atoms with E-state index in [0.29, 0.717) is 5.56 Å². The molecular weight excluding hydrogens is 182 g/mol. The molecule has 3 N–H and O–H groups in total. The molecule has 1 amide bonds. The minimum Gasteiger partial charge on any atom is -0.478 e. The van der Waals surface area contributed by atoms with Crippen molar-refractivity contribution in [3.05, 3.63) is 42.0 Å². The number of carboxylic acids is 1. The Morgan fingerprint density at radius 3 is 2.21 bits per heavy atom. The van der Waals surface area contributed by atoms with Crippen molar-refractivity contribution in [1.29, 1.82) is 0 Å². The smallest absolute Gasteiger partial charge is 0.329 e. The molecule has 0 aliphatic carbocycles. The van der Waals surface area contributed by atoms with Crippen LogP contribution < -0.4 is 5.73 Å². The molecule has 0 aliphatic heterocycles. The lowest BCUT2D eigenvalue weighted by Crippen LogP contribution is -2.14. The first-order chi connectivity index (χ1) is 6.61. The number of hydrogen-bond acceptors (Lipinski definition) is 2. The van der Waals surface area contributed by atoms with E-state index in [9.17, 15) is 9.59 Å². The summed E-state index contributed by atoms with van der Waals surface area (Å²) in [6.07, 6.45) is 0.803. The maximum atomic E-state index is 10.9. The molecule has 0 saturated heterocycles. The zero-order valence-corrected chi connectivity index (χ0v) is 7.31. The van der Waals surface area contributed by atoms with E-state index in [1.54, 1.807) is 30.3 Å². The summed E-state index contributed by atoms with van der Waals surface area (Å²) >= 11 is 0. The molecule has 0 heterocycles. The molecule has 14 heavy (non-hydrogen) atoms. The van der Waals surface area contributed by atoms with E-state index in [2.05, 4.69) is 0 Å². The second-order valence-corrected chi connectivity index (χ2v) is 2.63. The second kappa shape index (κ2) is 4.23. The quantitative estimate of drug-likeness (QED) is 0.688. The van der Waals surface area contributed by atoms with Crippen LogP contribution in [0.5, 0.6) is 0 Å². The van der Waals surface area contributed by atoms with Gasteiger partial charge in [0, 0.05) is 6.08 Å². The molecule has 72 valence electrons. The van der Waals surface area contributed by atoms with Crippen LogP contribution in [0.4, 0.5) is 0 Å². The highest BCUT2D eigenvalue weighted by molar-refractivity contribution is 6.22. The molecule has 1 aromatic rings. The van der Waals surface area contributed by atoms with E-state index in [0.717, 1.165) is 6.08 Å². The van der Waals surface area contributed by atoms with Gasteiger partial charge in [-0.25, -0.2) is 4.79 Å². The van der Waals surface area contributed by atoms with Gasteiger partial charge in [-0.05, 0) is 5.56 Å². The highest BCUT2D eigenvalue weighted by Gasteiger charge is 2.08. The highest BCUT2D eigenvalue weighted by Crippen LogP contribution is 2.12. The molecule has 4 heteroatoms. The predicted octanol–water partition coefficient (Wildman–Crippen LogP) is 0.640. The average Bonchev–Trinajstić information content (AvgIpc) is 2.15. The van der Waals surface area contributed by atoms with Crippen LogP contribution in [0.3, 0.4) is 0 Å². The summed E-state index contributed by atoms with van der Waals surface area (Å²) in [6, 6.07) is 8.42. The Morgan fingerprint density at radius 1 is 1.21 bits per heavy atom. The number of rotatable bonds is 3. The van der Waals surface area contributed by atoms with Crippen LogP contribution in [0.25, 0.3) is 5.57 Å². The van der Waals surface area contributed by atoms with Gasteiger partial charge in [0.1, 0.15) is 0 Å². The van der Waals surface area contributed by atoms with Crippen LogP contribution in [0.2, 0.25) is 0 Å². The average molecular weight is 191 g/mol. The topological polar surface area (TPSA) is 80.4 Å². The van der Waals surface area contributed by atoms with Crippen LogP contribution in [-0.2, 0) is 9.59 Å². The van der Waals surface area contributed by atoms with Crippen LogP contribution in [0, 0.1) is 0 Å². The minimum atomic E-state index is -1.19. The van der Waals surface area contributed by atoms with Crippen molar-refractivity contribution in [3.8, 4) is 0 Å². The summed E-state index contributed by atoms with van der Waals surface area (Å²) in [5, 5.41) is 8.51.